The normalized spacial score (nSPS) is 11.2. The van der Waals surface area contributed by atoms with E-state index < -0.39 is 11.7 Å². The molecule has 2 rings (SSSR count). The van der Waals surface area contributed by atoms with Crippen molar-refractivity contribution in [2.24, 2.45) is 0 Å². The van der Waals surface area contributed by atoms with Gasteiger partial charge in [-0.05, 0) is 24.6 Å². The van der Waals surface area contributed by atoms with Crippen LogP contribution in [0.2, 0.25) is 5.02 Å². The van der Waals surface area contributed by atoms with E-state index >= 15 is 0 Å². The first kappa shape index (κ1) is 21.6. The Morgan fingerprint density at radius 1 is 1.25 bits per heavy atom. The lowest BCUT2D eigenvalue weighted by atomic mass is 10.1. The Hall–Kier alpha value is -2.68. The molecule has 6 nitrogen and oxygen atoms in total. The number of ketones is 1. The summed E-state index contributed by atoms with van der Waals surface area (Å²) in [6.45, 7) is 1.75. The minimum absolute atomic E-state index is 0.0499. The highest BCUT2D eigenvalue weighted by Gasteiger charge is 2.31. The summed E-state index contributed by atoms with van der Waals surface area (Å²) in [6.07, 6.45) is -1.77. The van der Waals surface area contributed by atoms with E-state index in [1.165, 1.54) is 18.3 Å². The highest BCUT2D eigenvalue weighted by Crippen LogP contribution is 2.33. The zero-order valence-corrected chi connectivity index (χ0v) is 15.6. The minimum atomic E-state index is -4.54. The van der Waals surface area contributed by atoms with Crippen LogP contribution in [-0.2, 0) is 11.0 Å². The second-order valence-corrected chi connectivity index (χ2v) is 6.12. The Morgan fingerprint density at radius 3 is 2.64 bits per heavy atom. The van der Waals surface area contributed by atoms with Gasteiger partial charge in [-0.1, -0.05) is 18.5 Å². The van der Waals surface area contributed by atoms with E-state index in [0.29, 0.717) is 18.2 Å². The van der Waals surface area contributed by atoms with Gasteiger partial charge in [0, 0.05) is 30.8 Å². The number of nitrogens with one attached hydrogen (secondary N) is 1. The van der Waals surface area contributed by atoms with Gasteiger partial charge in [0.1, 0.15) is 10.8 Å². The number of aromatic nitrogens is 2. The van der Waals surface area contributed by atoms with Gasteiger partial charge in [0.05, 0.1) is 12.2 Å². The van der Waals surface area contributed by atoms with E-state index in [-0.39, 0.29) is 47.9 Å². The van der Waals surface area contributed by atoms with Crippen LogP contribution in [0.15, 0.2) is 30.6 Å². The SMILES string of the molecule is CCC(=O)Nc1cc(C(=O)CCCOc2ncc(C(F)(F)F)cc2Cl)ccn1. The van der Waals surface area contributed by atoms with Gasteiger partial charge >= 0.3 is 6.18 Å². The third kappa shape index (κ3) is 6.19. The number of halogens is 4. The number of hydrogen-bond donors (Lipinski definition) is 1. The Kier molecular flexibility index (Phi) is 7.33. The number of rotatable bonds is 8. The highest BCUT2D eigenvalue weighted by molar-refractivity contribution is 6.31. The summed E-state index contributed by atoms with van der Waals surface area (Å²) < 4.78 is 43.0. The van der Waals surface area contributed by atoms with Crippen LogP contribution in [0, 0.1) is 0 Å². The lowest BCUT2D eigenvalue weighted by molar-refractivity contribution is -0.137. The zero-order chi connectivity index (χ0) is 20.7. The molecule has 2 aromatic rings. The fraction of sp³-hybridized carbons (Fsp3) is 0.333. The van der Waals surface area contributed by atoms with E-state index in [2.05, 4.69) is 15.3 Å². The van der Waals surface area contributed by atoms with Gasteiger partial charge in [0.15, 0.2) is 5.78 Å². The molecule has 28 heavy (non-hydrogen) atoms. The summed E-state index contributed by atoms with van der Waals surface area (Å²) in [5, 5.41) is 2.31. The number of alkyl halides is 3. The molecule has 0 aliphatic rings. The number of nitrogens with zero attached hydrogens (tertiary/aromatic N) is 2. The molecule has 0 aliphatic heterocycles. The molecule has 1 amide bonds. The lowest BCUT2D eigenvalue weighted by Crippen LogP contribution is -2.12. The largest absolute Gasteiger partial charge is 0.477 e. The monoisotopic (exact) mass is 415 g/mol. The number of pyridine rings is 2. The van der Waals surface area contributed by atoms with Gasteiger partial charge in [-0.3, -0.25) is 9.59 Å². The molecule has 0 saturated heterocycles. The Labute approximate surface area is 164 Å². The molecule has 2 aromatic heterocycles. The van der Waals surface area contributed by atoms with Crippen LogP contribution in [0.4, 0.5) is 19.0 Å². The topological polar surface area (TPSA) is 81.2 Å². The number of ether oxygens (including phenoxy) is 1. The van der Waals surface area contributed by atoms with Crippen LogP contribution in [0.25, 0.3) is 0 Å². The lowest BCUT2D eigenvalue weighted by Gasteiger charge is -2.10. The average Bonchev–Trinajstić information content (AvgIpc) is 2.65. The van der Waals surface area contributed by atoms with Crippen LogP contribution in [0.5, 0.6) is 5.88 Å². The summed E-state index contributed by atoms with van der Waals surface area (Å²) in [6, 6.07) is 3.74. The van der Waals surface area contributed by atoms with Gasteiger partial charge in [0.25, 0.3) is 0 Å². The van der Waals surface area contributed by atoms with E-state index in [4.69, 9.17) is 16.3 Å². The minimum Gasteiger partial charge on any atom is -0.477 e. The van der Waals surface area contributed by atoms with Gasteiger partial charge in [0.2, 0.25) is 11.8 Å². The van der Waals surface area contributed by atoms with Gasteiger partial charge in [-0.2, -0.15) is 13.2 Å². The maximum atomic E-state index is 12.6. The van der Waals surface area contributed by atoms with Gasteiger partial charge in [-0.15, -0.1) is 0 Å². The van der Waals surface area contributed by atoms with Crippen molar-refractivity contribution in [2.45, 2.75) is 32.4 Å². The van der Waals surface area contributed by atoms with Gasteiger partial charge in [-0.25, -0.2) is 9.97 Å². The number of hydrogen-bond acceptors (Lipinski definition) is 5. The fourth-order valence-corrected chi connectivity index (χ4v) is 2.36. The Bertz CT molecular complexity index is 859. The molecule has 0 radical (unpaired) electrons. The molecule has 0 aliphatic carbocycles. The maximum absolute atomic E-state index is 12.6. The van der Waals surface area contributed by atoms with Crippen molar-refractivity contribution in [3.05, 3.63) is 46.7 Å². The molecular weight excluding hydrogens is 399 g/mol. The third-order valence-electron chi connectivity index (χ3n) is 3.59. The summed E-state index contributed by atoms with van der Waals surface area (Å²) in [5.74, 6) is -0.249. The molecule has 150 valence electrons. The first-order valence-electron chi connectivity index (χ1n) is 8.35. The molecule has 0 fully saturated rings. The van der Waals surface area contributed by atoms with Crippen molar-refractivity contribution >= 4 is 29.1 Å². The summed E-state index contributed by atoms with van der Waals surface area (Å²) in [5.41, 5.74) is -0.587. The maximum Gasteiger partial charge on any atom is 0.417 e. The molecule has 10 heteroatoms. The molecular formula is C18H17ClF3N3O3. The molecule has 0 spiro atoms. The number of anilines is 1. The smallest absolute Gasteiger partial charge is 0.417 e. The first-order chi connectivity index (χ1) is 13.2. The quantitative estimate of drug-likeness (QED) is 0.505. The van der Waals surface area contributed by atoms with Crippen molar-refractivity contribution in [3.63, 3.8) is 0 Å². The van der Waals surface area contributed by atoms with Gasteiger partial charge < -0.3 is 10.1 Å². The van der Waals surface area contributed by atoms with Crippen LogP contribution >= 0.6 is 11.6 Å². The fourth-order valence-electron chi connectivity index (χ4n) is 2.14. The van der Waals surface area contributed by atoms with E-state index in [0.717, 1.165) is 6.07 Å². The molecule has 0 saturated carbocycles. The van der Waals surface area contributed by atoms with Crippen LogP contribution in [0.3, 0.4) is 0 Å². The number of amides is 1. The summed E-state index contributed by atoms with van der Waals surface area (Å²) in [4.78, 5) is 31.1. The van der Waals surface area contributed by atoms with Crippen LogP contribution in [-0.4, -0.2) is 28.3 Å². The van der Waals surface area contributed by atoms with Crippen molar-refractivity contribution in [3.8, 4) is 5.88 Å². The molecule has 0 unspecified atom stereocenters. The summed E-state index contributed by atoms with van der Waals surface area (Å²) in [7, 11) is 0. The van der Waals surface area contributed by atoms with Crippen LogP contribution < -0.4 is 10.1 Å². The Morgan fingerprint density at radius 2 is 2.00 bits per heavy atom. The molecule has 2 heterocycles. The predicted octanol–water partition coefficient (Wildman–Crippen LogP) is 4.54. The zero-order valence-electron chi connectivity index (χ0n) is 14.8. The van der Waals surface area contributed by atoms with Crippen molar-refractivity contribution < 1.29 is 27.5 Å². The number of Topliss-reactive ketones (excluding diaryl/α,β-unsaturated/α-hetero) is 1. The number of carbonyl (C=O) groups is 2. The molecule has 0 atom stereocenters. The third-order valence-corrected chi connectivity index (χ3v) is 3.86. The van der Waals surface area contributed by atoms with E-state index in [1.807, 2.05) is 0 Å². The van der Waals surface area contributed by atoms with Crippen LogP contribution in [0.1, 0.15) is 42.1 Å². The second-order valence-electron chi connectivity index (χ2n) is 5.72. The first-order valence-corrected chi connectivity index (χ1v) is 8.73. The second kappa shape index (κ2) is 9.50. The standard InChI is InChI=1S/C18H17ClF3N3O3/c1-2-16(27)25-15-8-11(5-6-23-15)14(26)4-3-7-28-17-13(19)9-12(10-24-17)18(20,21)22/h5-6,8-10H,2-4,7H2,1H3,(H,23,25,27). The molecule has 0 bridgehead atoms. The predicted molar refractivity (Wildman–Crippen MR) is 96.5 cm³/mol. The highest BCUT2D eigenvalue weighted by atomic mass is 35.5. The molecule has 0 aromatic carbocycles. The van der Waals surface area contributed by atoms with Crippen molar-refractivity contribution in [1.82, 2.24) is 9.97 Å². The summed E-state index contributed by atoms with van der Waals surface area (Å²) >= 11 is 5.75. The number of carbonyl (C=O) groups excluding carboxylic acids is 2. The average molecular weight is 416 g/mol. The molecule has 1 N–H and O–H groups in total. The Balaban J connectivity index is 1.86. The van der Waals surface area contributed by atoms with E-state index in [9.17, 15) is 22.8 Å². The van der Waals surface area contributed by atoms with Crippen molar-refractivity contribution in [2.75, 3.05) is 11.9 Å². The van der Waals surface area contributed by atoms with E-state index in [1.54, 1.807) is 6.92 Å². The van der Waals surface area contributed by atoms with Crippen molar-refractivity contribution in [1.29, 1.82) is 0 Å².